The fourth-order valence-electron chi connectivity index (χ4n) is 7.60. The summed E-state index contributed by atoms with van der Waals surface area (Å²) in [6, 6.07) is 8.51. The Morgan fingerprint density at radius 1 is 0.783 bits per heavy atom. The molecule has 1 heterocycles. The van der Waals surface area contributed by atoms with Crippen molar-refractivity contribution in [1.82, 2.24) is 36.1 Å². The summed E-state index contributed by atoms with van der Waals surface area (Å²) in [7, 11) is 0. The van der Waals surface area contributed by atoms with Gasteiger partial charge in [0.15, 0.2) is 0 Å². The first kappa shape index (κ1) is 56.6. The molecule has 0 aliphatic rings. The molecule has 0 aliphatic carbocycles. The lowest BCUT2D eigenvalue weighted by Crippen LogP contribution is -2.56. The number of rotatable bonds is 28. The van der Waals surface area contributed by atoms with Crippen molar-refractivity contribution < 1.29 is 57.4 Å². The van der Waals surface area contributed by atoms with Crippen LogP contribution >= 0.6 is 0 Å². The van der Waals surface area contributed by atoms with Gasteiger partial charge in [-0.25, -0.2) is 13.6 Å². The number of amides is 7. The topological polar surface area (TPSA) is 297 Å². The molecule has 3 rings (SSSR count). The largest absolute Gasteiger partial charge is 0.480 e. The summed E-state index contributed by atoms with van der Waals surface area (Å²) in [5, 5.41) is 31.9. The van der Waals surface area contributed by atoms with Crippen LogP contribution in [0.25, 0.3) is 11.1 Å². The second-order valence-corrected chi connectivity index (χ2v) is 17.9. The molecule has 2 aromatic carbocycles. The van der Waals surface area contributed by atoms with Crippen molar-refractivity contribution in [1.29, 1.82) is 0 Å². The van der Waals surface area contributed by atoms with Crippen LogP contribution in [0.2, 0.25) is 0 Å². The van der Waals surface area contributed by atoms with Crippen LogP contribution in [-0.2, 0) is 44.9 Å². The number of aliphatic carboxylic acids is 1. The number of carbonyl (C=O) groups excluding carboxylic acids is 7. The Morgan fingerprint density at radius 3 is 2.03 bits per heavy atom. The number of carbonyl (C=O) groups is 8. The minimum absolute atomic E-state index is 0.00900. The Kier molecular flexibility index (Phi) is 22.4. The van der Waals surface area contributed by atoms with Crippen molar-refractivity contribution in [3.63, 3.8) is 0 Å². The fraction of sp³-hybridized carbons (Fsp3) is 0.500. The van der Waals surface area contributed by atoms with Gasteiger partial charge >= 0.3 is 5.97 Å². The van der Waals surface area contributed by atoms with E-state index in [0.29, 0.717) is 37.2 Å². The number of aliphatic hydroxyl groups excluding tert-OH is 1. The van der Waals surface area contributed by atoms with Crippen LogP contribution in [0.3, 0.4) is 0 Å². The molecule has 0 bridgehead atoms. The molecule has 69 heavy (non-hydrogen) atoms. The maximum Gasteiger partial charge on any atom is 0.326 e. The molecule has 19 nitrogen and oxygen atoms in total. The lowest BCUT2D eigenvalue weighted by Gasteiger charge is -2.41. The van der Waals surface area contributed by atoms with Gasteiger partial charge in [0, 0.05) is 55.5 Å². The molecule has 378 valence electrons. The standard InChI is InChI=1S/C48H67F2N9O10/c1-29(54-40(62)16-11-17-41(63)56-36(47(68)69)15-9-10-20-51)44(65)55-30(2)45(66)57-37(25-39(52)61)46(67)53-21-12-22-59(42(64)28-60)43(48(3,4)5)38-23-32(34-24-33(49)18-19-35(34)50)27-58(38)26-31-13-7-6-8-14-31/h6-8,13-14,18-19,23-24,27,29-30,36-37,43,60H,9-12,15-17,20-22,25-26,28,51H2,1-5H3,(H2,52,61)(H,53,67)(H,54,62)(H,55,65)(H,56,63)(H,57,66)(H,68,69)/t29-,30-,36-,37-,43-/m0/s1. The van der Waals surface area contributed by atoms with Gasteiger partial charge in [-0.2, -0.15) is 0 Å². The smallest absolute Gasteiger partial charge is 0.326 e. The van der Waals surface area contributed by atoms with E-state index >= 15 is 4.39 Å². The van der Waals surface area contributed by atoms with Crippen molar-refractivity contribution in [2.24, 2.45) is 16.9 Å². The normalized spacial score (nSPS) is 13.5. The van der Waals surface area contributed by atoms with Crippen LogP contribution < -0.4 is 38.1 Å². The van der Waals surface area contributed by atoms with Crippen molar-refractivity contribution in [2.75, 3.05) is 26.2 Å². The third-order valence-corrected chi connectivity index (χ3v) is 11.1. The molecule has 7 amide bonds. The van der Waals surface area contributed by atoms with E-state index in [4.69, 9.17) is 11.5 Å². The molecule has 3 aromatic rings. The van der Waals surface area contributed by atoms with E-state index < -0.39 is 108 Å². The van der Waals surface area contributed by atoms with Crippen molar-refractivity contribution >= 4 is 47.3 Å². The zero-order chi connectivity index (χ0) is 51.4. The third kappa shape index (κ3) is 18.4. The highest BCUT2D eigenvalue weighted by Gasteiger charge is 2.37. The van der Waals surface area contributed by atoms with Gasteiger partial charge in [0.25, 0.3) is 0 Å². The molecule has 5 atom stereocenters. The Labute approximate surface area is 400 Å². The molecule has 0 aliphatic heterocycles. The van der Waals surface area contributed by atoms with Gasteiger partial charge in [0.2, 0.25) is 41.4 Å². The molecular formula is C48H67F2N9O10. The maximum atomic E-state index is 15.1. The number of benzene rings is 2. The average Bonchev–Trinajstić information content (AvgIpc) is 3.68. The van der Waals surface area contributed by atoms with Gasteiger partial charge in [0.05, 0.1) is 12.5 Å². The van der Waals surface area contributed by atoms with E-state index in [-0.39, 0.29) is 50.8 Å². The molecule has 0 fully saturated rings. The molecule has 0 unspecified atom stereocenters. The summed E-state index contributed by atoms with van der Waals surface area (Å²) in [6.07, 6.45) is 2.29. The van der Waals surface area contributed by atoms with Crippen molar-refractivity contribution in [3.8, 4) is 11.1 Å². The Balaban J connectivity index is 1.64. The highest BCUT2D eigenvalue weighted by Crippen LogP contribution is 2.41. The van der Waals surface area contributed by atoms with E-state index in [1.54, 1.807) is 12.3 Å². The quantitative estimate of drug-likeness (QED) is 0.0475. The minimum Gasteiger partial charge on any atom is -0.480 e. The number of primary amides is 1. The van der Waals surface area contributed by atoms with Gasteiger partial charge in [0.1, 0.15) is 42.4 Å². The highest BCUT2D eigenvalue weighted by atomic mass is 19.1. The summed E-state index contributed by atoms with van der Waals surface area (Å²) >= 11 is 0. The van der Waals surface area contributed by atoms with Gasteiger partial charge in [-0.15, -0.1) is 0 Å². The lowest BCUT2D eigenvalue weighted by atomic mass is 9.83. The molecule has 0 saturated carbocycles. The summed E-state index contributed by atoms with van der Waals surface area (Å²) in [5.41, 5.74) is 12.0. The van der Waals surface area contributed by atoms with Crippen LogP contribution in [0.1, 0.15) is 103 Å². The number of aliphatic hydroxyl groups is 1. The average molecular weight is 968 g/mol. The number of nitrogens with one attached hydrogen (secondary N) is 5. The number of aromatic nitrogens is 1. The number of carboxylic acids is 1. The van der Waals surface area contributed by atoms with Crippen molar-refractivity contribution in [2.45, 2.75) is 123 Å². The van der Waals surface area contributed by atoms with E-state index in [1.165, 1.54) is 18.7 Å². The van der Waals surface area contributed by atoms with Crippen LogP contribution in [-0.4, -0.2) is 117 Å². The second-order valence-electron chi connectivity index (χ2n) is 17.9. The van der Waals surface area contributed by atoms with Crippen LogP contribution in [0.5, 0.6) is 0 Å². The van der Waals surface area contributed by atoms with Gasteiger partial charge < -0.3 is 57.7 Å². The zero-order valence-electron chi connectivity index (χ0n) is 39.8. The number of hydrogen-bond acceptors (Lipinski definition) is 10. The van der Waals surface area contributed by atoms with Gasteiger partial charge in [-0.3, -0.25) is 33.6 Å². The van der Waals surface area contributed by atoms with E-state index in [9.17, 15) is 53.0 Å². The third-order valence-electron chi connectivity index (χ3n) is 11.1. The first-order chi connectivity index (χ1) is 32.6. The van der Waals surface area contributed by atoms with E-state index in [2.05, 4.69) is 26.6 Å². The maximum absolute atomic E-state index is 15.1. The van der Waals surface area contributed by atoms with Crippen LogP contribution in [0, 0.1) is 17.0 Å². The van der Waals surface area contributed by atoms with Crippen molar-refractivity contribution in [3.05, 3.63) is 83.7 Å². The predicted molar refractivity (Wildman–Crippen MR) is 251 cm³/mol. The van der Waals surface area contributed by atoms with Gasteiger partial charge in [-0.1, -0.05) is 51.1 Å². The zero-order valence-corrected chi connectivity index (χ0v) is 39.8. The summed E-state index contributed by atoms with van der Waals surface area (Å²) in [4.78, 5) is 103. The summed E-state index contributed by atoms with van der Waals surface area (Å²) in [5.74, 6) is -7.59. The summed E-state index contributed by atoms with van der Waals surface area (Å²) < 4.78 is 31.4. The highest BCUT2D eigenvalue weighted by molar-refractivity contribution is 5.95. The number of unbranched alkanes of at least 4 members (excludes halogenated alkanes) is 1. The van der Waals surface area contributed by atoms with Gasteiger partial charge in [-0.05, 0) is 87.7 Å². The molecule has 21 heteroatoms. The van der Waals surface area contributed by atoms with Crippen LogP contribution in [0.4, 0.5) is 8.78 Å². The van der Waals surface area contributed by atoms with Crippen LogP contribution in [0.15, 0.2) is 60.8 Å². The SMILES string of the molecule is C[C@H](NC(=O)CCCC(=O)N[C@@H](CCCCN)C(=O)O)C(=O)N[C@@H](C)C(=O)N[C@@H](CC(N)=O)C(=O)NCCCN(C(=O)CO)[C@@H](c1cc(-c2cc(F)ccc2F)cn1Cc1ccccc1)C(C)(C)C. The molecule has 0 radical (unpaired) electrons. The molecule has 0 saturated heterocycles. The number of hydrogen-bond donors (Lipinski definition) is 9. The molecular weight excluding hydrogens is 901 g/mol. The number of nitrogens with zero attached hydrogens (tertiary/aromatic N) is 2. The monoisotopic (exact) mass is 967 g/mol. The molecule has 11 N–H and O–H groups in total. The minimum atomic E-state index is -1.47. The Bertz CT molecular complexity index is 2250. The Morgan fingerprint density at radius 2 is 1.42 bits per heavy atom. The molecule has 0 spiro atoms. The Hall–Kier alpha value is -6.74. The molecule has 1 aromatic heterocycles. The first-order valence-electron chi connectivity index (χ1n) is 22.8. The summed E-state index contributed by atoms with van der Waals surface area (Å²) in [6.45, 7) is 8.09. The number of carboxylic acid groups (broad SMARTS) is 1. The predicted octanol–water partition coefficient (Wildman–Crippen LogP) is 2.13. The lowest BCUT2D eigenvalue weighted by molar-refractivity contribution is -0.142. The number of nitrogens with two attached hydrogens (primary N) is 2. The van der Waals surface area contributed by atoms with E-state index in [1.807, 2.05) is 55.7 Å². The number of halogens is 2. The second kappa shape index (κ2) is 27.3. The van der Waals surface area contributed by atoms with E-state index in [0.717, 1.165) is 23.8 Å². The fourth-order valence-corrected chi connectivity index (χ4v) is 7.60. The first-order valence-corrected chi connectivity index (χ1v) is 22.8.